The van der Waals surface area contributed by atoms with Crippen LogP contribution in [0.15, 0.2) is 40.9 Å². The molecule has 2 rings (SSSR count). The van der Waals surface area contributed by atoms with E-state index in [2.05, 4.69) is 40.1 Å². The second-order valence-corrected chi connectivity index (χ2v) is 6.30. The van der Waals surface area contributed by atoms with Gasteiger partial charge in [-0.25, -0.2) is 4.98 Å². The van der Waals surface area contributed by atoms with Gasteiger partial charge < -0.3 is 10.1 Å². The van der Waals surface area contributed by atoms with Crippen molar-refractivity contribution in [3.63, 3.8) is 0 Å². The van der Waals surface area contributed by atoms with Crippen LogP contribution in [0.3, 0.4) is 0 Å². The van der Waals surface area contributed by atoms with Gasteiger partial charge in [0.05, 0.1) is 12.3 Å². The van der Waals surface area contributed by atoms with Gasteiger partial charge in [0.2, 0.25) is 0 Å². The standard InChI is InChI=1S/C17H19BrN2O2/c1-11(2)10-22-14-6-4-5-13(9-14)17(21)20-16-8-7-15(18)12(3)19-16/h4-9,11H,10H2,1-3H3,(H,19,20,21). The zero-order valence-corrected chi connectivity index (χ0v) is 14.5. The predicted octanol–water partition coefficient (Wildman–Crippen LogP) is 4.44. The number of anilines is 1. The Labute approximate surface area is 139 Å². The fraction of sp³-hybridized carbons (Fsp3) is 0.294. The molecular formula is C17H19BrN2O2. The number of pyridine rings is 1. The zero-order chi connectivity index (χ0) is 16.1. The summed E-state index contributed by atoms with van der Waals surface area (Å²) in [5, 5.41) is 2.79. The minimum atomic E-state index is -0.204. The van der Waals surface area contributed by atoms with Crippen LogP contribution < -0.4 is 10.1 Å². The number of carbonyl (C=O) groups is 1. The second kappa shape index (κ2) is 7.40. The highest BCUT2D eigenvalue weighted by Gasteiger charge is 2.09. The predicted molar refractivity (Wildman–Crippen MR) is 91.4 cm³/mol. The van der Waals surface area contributed by atoms with Crippen LogP contribution in [0.2, 0.25) is 0 Å². The molecule has 0 bridgehead atoms. The average molecular weight is 363 g/mol. The molecule has 4 nitrogen and oxygen atoms in total. The summed E-state index contributed by atoms with van der Waals surface area (Å²) in [6.45, 7) is 6.66. The van der Waals surface area contributed by atoms with Crippen LogP contribution in [0.4, 0.5) is 5.82 Å². The number of rotatable bonds is 5. The van der Waals surface area contributed by atoms with Crippen LogP contribution in [0, 0.1) is 12.8 Å². The number of hydrogen-bond acceptors (Lipinski definition) is 3. The van der Waals surface area contributed by atoms with E-state index in [0.29, 0.717) is 29.7 Å². The third-order valence-electron chi connectivity index (χ3n) is 2.94. The minimum Gasteiger partial charge on any atom is -0.493 e. The maximum Gasteiger partial charge on any atom is 0.256 e. The van der Waals surface area contributed by atoms with Crippen molar-refractivity contribution in [3.05, 3.63) is 52.1 Å². The number of carbonyl (C=O) groups excluding carboxylic acids is 1. The maximum atomic E-state index is 12.3. The fourth-order valence-electron chi connectivity index (χ4n) is 1.79. The maximum absolute atomic E-state index is 12.3. The summed E-state index contributed by atoms with van der Waals surface area (Å²) >= 11 is 3.39. The van der Waals surface area contributed by atoms with Crippen molar-refractivity contribution in [1.82, 2.24) is 4.98 Å². The molecule has 1 amide bonds. The summed E-state index contributed by atoms with van der Waals surface area (Å²) in [6, 6.07) is 10.8. The molecule has 1 heterocycles. The third-order valence-corrected chi connectivity index (χ3v) is 3.78. The molecule has 1 N–H and O–H groups in total. The first kappa shape index (κ1) is 16.5. The van der Waals surface area contributed by atoms with E-state index in [4.69, 9.17) is 4.74 Å². The monoisotopic (exact) mass is 362 g/mol. The molecule has 0 unspecified atom stereocenters. The first-order valence-electron chi connectivity index (χ1n) is 7.13. The highest BCUT2D eigenvalue weighted by Crippen LogP contribution is 2.18. The van der Waals surface area contributed by atoms with Crippen molar-refractivity contribution < 1.29 is 9.53 Å². The fourth-order valence-corrected chi connectivity index (χ4v) is 2.01. The van der Waals surface area contributed by atoms with Crippen molar-refractivity contribution in [2.45, 2.75) is 20.8 Å². The van der Waals surface area contributed by atoms with Crippen molar-refractivity contribution in [2.75, 3.05) is 11.9 Å². The van der Waals surface area contributed by atoms with Crippen LogP contribution in [0.1, 0.15) is 29.9 Å². The number of nitrogens with zero attached hydrogens (tertiary/aromatic N) is 1. The SMILES string of the molecule is Cc1nc(NC(=O)c2cccc(OCC(C)C)c2)ccc1Br. The van der Waals surface area contributed by atoms with E-state index in [1.54, 1.807) is 18.2 Å². The van der Waals surface area contributed by atoms with E-state index in [1.807, 2.05) is 25.1 Å². The molecule has 2 aromatic rings. The number of amides is 1. The largest absolute Gasteiger partial charge is 0.493 e. The number of halogens is 1. The zero-order valence-electron chi connectivity index (χ0n) is 12.9. The first-order valence-corrected chi connectivity index (χ1v) is 7.92. The molecule has 116 valence electrons. The lowest BCUT2D eigenvalue weighted by Crippen LogP contribution is -2.13. The topological polar surface area (TPSA) is 51.2 Å². The Morgan fingerprint density at radius 1 is 1.32 bits per heavy atom. The van der Waals surface area contributed by atoms with Crippen LogP contribution in [-0.4, -0.2) is 17.5 Å². The molecule has 0 aliphatic rings. The summed E-state index contributed by atoms with van der Waals surface area (Å²) in [5.41, 5.74) is 1.37. The van der Waals surface area contributed by atoms with E-state index < -0.39 is 0 Å². The molecule has 0 saturated carbocycles. The Morgan fingerprint density at radius 3 is 2.77 bits per heavy atom. The molecule has 0 atom stereocenters. The molecule has 22 heavy (non-hydrogen) atoms. The highest BCUT2D eigenvalue weighted by atomic mass is 79.9. The molecule has 0 aliphatic carbocycles. The molecule has 5 heteroatoms. The third kappa shape index (κ3) is 4.56. The minimum absolute atomic E-state index is 0.204. The van der Waals surface area contributed by atoms with Gasteiger partial charge in [-0.15, -0.1) is 0 Å². The van der Waals surface area contributed by atoms with Crippen LogP contribution in [-0.2, 0) is 0 Å². The summed E-state index contributed by atoms with van der Waals surface area (Å²) in [6.07, 6.45) is 0. The van der Waals surface area contributed by atoms with Gasteiger partial charge in [-0.05, 0) is 59.1 Å². The van der Waals surface area contributed by atoms with Gasteiger partial charge in [0.25, 0.3) is 5.91 Å². The Balaban J connectivity index is 2.08. The van der Waals surface area contributed by atoms with Gasteiger partial charge in [0.1, 0.15) is 11.6 Å². The molecule has 1 aromatic heterocycles. The van der Waals surface area contributed by atoms with E-state index in [-0.39, 0.29) is 5.91 Å². The van der Waals surface area contributed by atoms with Gasteiger partial charge >= 0.3 is 0 Å². The van der Waals surface area contributed by atoms with Crippen molar-refractivity contribution in [3.8, 4) is 5.75 Å². The lowest BCUT2D eigenvalue weighted by Gasteiger charge is -2.10. The Morgan fingerprint density at radius 2 is 2.09 bits per heavy atom. The van der Waals surface area contributed by atoms with Crippen LogP contribution in [0.25, 0.3) is 0 Å². The van der Waals surface area contributed by atoms with Gasteiger partial charge in [-0.2, -0.15) is 0 Å². The number of ether oxygens (including phenoxy) is 1. The summed E-state index contributed by atoms with van der Waals surface area (Å²) < 4.78 is 6.55. The molecule has 1 aromatic carbocycles. The summed E-state index contributed by atoms with van der Waals surface area (Å²) in [7, 11) is 0. The number of hydrogen-bond donors (Lipinski definition) is 1. The van der Waals surface area contributed by atoms with Crippen molar-refractivity contribution in [2.24, 2.45) is 5.92 Å². The number of nitrogens with one attached hydrogen (secondary N) is 1. The lowest BCUT2D eigenvalue weighted by molar-refractivity contribution is 0.102. The number of benzene rings is 1. The molecule has 0 spiro atoms. The van der Waals surface area contributed by atoms with E-state index >= 15 is 0 Å². The summed E-state index contributed by atoms with van der Waals surface area (Å²) in [4.78, 5) is 16.6. The number of aryl methyl sites for hydroxylation is 1. The summed E-state index contributed by atoms with van der Waals surface area (Å²) in [5.74, 6) is 1.46. The van der Waals surface area contributed by atoms with E-state index in [1.165, 1.54) is 0 Å². The Kier molecular flexibility index (Phi) is 5.55. The number of aromatic nitrogens is 1. The van der Waals surface area contributed by atoms with Crippen LogP contribution >= 0.6 is 15.9 Å². The highest BCUT2D eigenvalue weighted by molar-refractivity contribution is 9.10. The second-order valence-electron chi connectivity index (χ2n) is 5.45. The molecule has 0 fully saturated rings. The Bertz CT molecular complexity index is 671. The molecule has 0 aliphatic heterocycles. The molecule has 0 radical (unpaired) electrons. The van der Waals surface area contributed by atoms with Crippen molar-refractivity contribution >= 4 is 27.7 Å². The molecular weight excluding hydrogens is 344 g/mol. The molecule has 0 saturated heterocycles. The average Bonchev–Trinajstić information content (AvgIpc) is 2.49. The van der Waals surface area contributed by atoms with E-state index in [0.717, 1.165) is 10.2 Å². The first-order chi connectivity index (χ1) is 10.5. The Hall–Kier alpha value is -1.88. The van der Waals surface area contributed by atoms with Crippen LogP contribution in [0.5, 0.6) is 5.75 Å². The smallest absolute Gasteiger partial charge is 0.256 e. The van der Waals surface area contributed by atoms with Gasteiger partial charge in [0, 0.05) is 10.0 Å². The van der Waals surface area contributed by atoms with Gasteiger partial charge in [-0.1, -0.05) is 19.9 Å². The lowest BCUT2D eigenvalue weighted by atomic mass is 10.2. The van der Waals surface area contributed by atoms with Gasteiger partial charge in [0.15, 0.2) is 0 Å². The normalized spacial score (nSPS) is 10.6. The van der Waals surface area contributed by atoms with Crippen molar-refractivity contribution in [1.29, 1.82) is 0 Å². The quantitative estimate of drug-likeness (QED) is 0.855. The van der Waals surface area contributed by atoms with Gasteiger partial charge in [-0.3, -0.25) is 4.79 Å². The van der Waals surface area contributed by atoms with E-state index in [9.17, 15) is 4.79 Å².